The molecule has 1 amide bonds. The smallest absolute Gasteiger partial charge is 0.293 e. The fraction of sp³-hybridized carbons (Fsp3) is 0.611. The largest absolute Gasteiger partial charge is 0.365 e. The monoisotopic (exact) mass is 425 g/mol. The summed E-state index contributed by atoms with van der Waals surface area (Å²) in [5, 5.41) is 11.7. The van der Waals surface area contributed by atoms with E-state index in [4.69, 9.17) is 0 Å². The average Bonchev–Trinajstić information content (AvgIpc) is 3.19. The van der Waals surface area contributed by atoms with Crippen molar-refractivity contribution in [2.45, 2.75) is 11.8 Å². The number of nitro benzene ring substituents is 1. The molecule has 0 radical (unpaired) electrons. The molecule has 2 aliphatic rings. The topological polar surface area (TPSA) is 116 Å². The Morgan fingerprint density at radius 3 is 2.38 bits per heavy atom. The fourth-order valence-corrected chi connectivity index (χ4v) is 5.06. The van der Waals surface area contributed by atoms with Gasteiger partial charge in [-0.1, -0.05) is 0 Å². The van der Waals surface area contributed by atoms with Crippen molar-refractivity contribution >= 4 is 27.3 Å². The van der Waals surface area contributed by atoms with Gasteiger partial charge in [0.25, 0.3) is 5.69 Å². The van der Waals surface area contributed by atoms with Crippen LogP contribution in [0.25, 0.3) is 0 Å². The predicted octanol–water partition coefficient (Wildman–Crippen LogP) is 0.349. The lowest BCUT2D eigenvalue weighted by atomic mass is 10.0. The number of nitrogens with zero attached hydrogens (tertiary/aromatic N) is 4. The van der Waals surface area contributed by atoms with E-state index < -0.39 is 14.9 Å². The molecule has 11 heteroatoms. The number of nitro groups is 1. The van der Waals surface area contributed by atoms with Crippen molar-refractivity contribution in [2.75, 3.05) is 58.3 Å². The maximum absolute atomic E-state index is 12.5. The highest BCUT2D eigenvalue weighted by Gasteiger charge is 2.42. The highest BCUT2D eigenvalue weighted by molar-refractivity contribution is 7.89. The summed E-state index contributed by atoms with van der Waals surface area (Å²) in [6.45, 7) is 4.83. The lowest BCUT2D eigenvalue weighted by molar-refractivity contribution is -0.384. The number of hydrogen-bond donors (Lipinski definition) is 1. The third kappa shape index (κ3) is 4.68. The zero-order chi connectivity index (χ0) is 21.3. The highest BCUT2D eigenvalue weighted by atomic mass is 32.2. The molecule has 10 nitrogen and oxygen atoms in total. The molecule has 0 saturated carbocycles. The number of carbonyl (C=O) groups excluding carboxylic acids is 1. The van der Waals surface area contributed by atoms with Crippen LogP contribution in [0.2, 0.25) is 0 Å². The first-order valence-corrected chi connectivity index (χ1v) is 11.0. The van der Waals surface area contributed by atoms with Crippen molar-refractivity contribution in [3.05, 3.63) is 28.3 Å². The molecule has 2 atom stereocenters. The molecule has 0 unspecified atom stereocenters. The highest BCUT2D eigenvalue weighted by Crippen LogP contribution is 2.38. The summed E-state index contributed by atoms with van der Waals surface area (Å²) in [6, 6.07) is 4.06. The van der Waals surface area contributed by atoms with E-state index in [1.165, 1.54) is 12.1 Å². The molecule has 0 bridgehead atoms. The number of carbonyl (C=O) groups is 1. The summed E-state index contributed by atoms with van der Waals surface area (Å²) in [5.74, 6) is 0.595. The van der Waals surface area contributed by atoms with Crippen LogP contribution in [0.1, 0.15) is 6.92 Å². The lowest BCUT2D eigenvalue weighted by Crippen LogP contribution is -2.32. The lowest BCUT2D eigenvalue weighted by Gasteiger charge is -2.22. The number of rotatable bonds is 7. The Morgan fingerprint density at radius 1 is 1.24 bits per heavy atom. The summed E-state index contributed by atoms with van der Waals surface area (Å²) in [4.78, 5) is 28.2. The molecule has 2 heterocycles. The Morgan fingerprint density at radius 2 is 1.86 bits per heavy atom. The number of sulfonamides is 1. The SMILES string of the molecule is CC(=O)N1C[C@@H]2CN(c3ccc(S(=O)(=O)NCCN(C)C)cc3[N+](=O)[O-])C[C@@H]2C1. The van der Waals surface area contributed by atoms with Crippen LogP contribution in [-0.2, 0) is 14.8 Å². The molecule has 1 aromatic carbocycles. The van der Waals surface area contributed by atoms with Gasteiger partial charge in [0.05, 0.1) is 9.82 Å². The van der Waals surface area contributed by atoms with Gasteiger partial charge in [-0.15, -0.1) is 0 Å². The van der Waals surface area contributed by atoms with Crippen LogP contribution in [0.15, 0.2) is 23.1 Å². The number of fused-ring (bicyclic) bond motifs is 1. The van der Waals surface area contributed by atoms with Gasteiger partial charge in [-0.2, -0.15) is 0 Å². The van der Waals surface area contributed by atoms with Crippen molar-refractivity contribution in [1.82, 2.24) is 14.5 Å². The molecular weight excluding hydrogens is 398 g/mol. The Hall–Kier alpha value is -2.24. The minimum Gasteiger partial charge on any atom is -0.365 e. The van der Waals surface area contributed by atoms with E-state index in [1.807, 2.05) is 28.8 Å². The molecule has 2 aliphatic heterocycles. The van der Waals surface area contributed by atoms with Gasteiger partial charge in [-0.05, 0) is 26.2 Å². The number of benzene rings is 1. The van der Waals surface area contributed by atoms with Crippen molar-refractivity contribution in [1.29, 1.82) is 0 Å². The number of anilines is 1. The molecule has 1 N–H and O–H groups in total. The second kappa shape index (κ2) is 8.25. The van der Waals surface area contributed by atoms with Crippen LogP contribution >= 0.6 is 0 Å². The maximum atomic E-state index is 12.5. The summed E-state index contributed by atoms with van der Waals surface area (Å²) in [7, 11) is -0.171. The molecule has 1 aromatic rings. The van der Waals surface area contributed by atoms with Crippen LogP contribution in [-0.4, -0.2) is 82.4 Å². The van der Waals surface area contributed by atoms with E-state index in [0.29, 0.717) is 38.4 Å². The Balaban J connectivity index is 1.78. The van der Waals surface area contributed by atoms with Crippen molar-refractivity contribution < 1.29 is 18.1 Å². The third-order valence-electron chi connectivity index (χ3n) is 5.58. The number of nitrogens with one attached hydrogen (secondary N) is 1. The van der Waals surface area contributed by atoms with Crippen LogP contribution < -0.4 is 9.62 Å². The zero-order valence-corrected chi connectivity index (χ0v) is 17.7. The molecule has 3 rings (SSSR count). The van der Waals surface area contributed by atoms with E-state index in [0.717, 1.165) is 6.07 Å². The minimum atomic E-state index is -3.83. The number of likely N-dealkylation sites (N-methyl/N-ethyl adjacent to an activating group) is 1. The second-order valence-electron chi connectivity index (χ2n) is 7.96. The average molecular weight is 426 g/mol. The quantitative estimate of drug-likeness (QED) is 0.495. The van der Waals surface area contributed by atoms with Gasteiger partial charge in [0, 0.05) is 64.1 Å². The molecule has 0 aromatic heterocycles. The van der Waals surface area contributed by atoms with Crippen LogP contribution in [0.4, 0.5) is 11.4 Å². The van der Waals surface area contributed by atoms with E-state index in [2.05, 4.69) is 4.72 Å². The van der Waals surface area contributed by atoms with Gasteiger partial charge >= 0.3 is 0 Å². The molecule has 0 aliphatic carbocycles. The summed E-state index contributed by atoms with van der Waals surface area (Å²) < 4.78 is 27.4. The van der Waals surface area contributed by atoms with E-state index >= 15 is 0 Å². The van der Waals surface area contributed by atoms with E-state index in [9.17, 15) is 23.3 Å². The van der Waals surface area contributed by atoms with Crippen LogP contribution in [0.3, 0.4) is 0 Å². The summed E-state index contributed by atoms with van der Waals surface area (Å²) >= 11 is 0. The first-order valence-electron chi connectivity index (χ1n) is 9.52. The summed E-state index contributed by atoms with van der Waals surface area (Å²) in [6.07, 6.45) is 0. The van der Waals surface area contributed by atoms with Gasteiger partial charge in [-0.25, -0.2) is 13.1 Å². The van der Waals surface area contributed by atoms with Crippen molar-refractivity contribution in [2.24, 2.45) is 11.8 Å². The molecule has 160 valence electrons. The van der Waals surface area contributed by atoms with Gasteiger partial charge in [0.1, 0.15) is 5.69 Å². The van der Waals surface area contributed by atoms with Crippen LogP contribution in [0.5, 0.6) is 0 Å². The van der Waals surface area contributed by atoms with E-state index in [1.54, 1.807) is 6.92 Å². The molecule has 29 heavy (non-hydrogen) atoms. The number of amides is 1. The van der Waals surface area contributed by atoms with Crippen molar-refractivity contribution in [3.63, 3.8) is 0 Å². The van der Waals surface area contributed by atoms with Crippen LogP contribution in [0, 0.1) is 22.0 Å². The van der Waals surface area contributed by atoms with Crippen molar-refractivity contribution in [3.8, 4) is 0 Å². The Kier molecular flexibility index (Phi) is 6.11. The van der Waals surface area contributed by atoms with Gasteiger partial charge in [-0.3, -0.25) is 14.9 Å². The molecular formula is C18H27N5O5S. The second-order valence-corrected chi connectivity index (χ2v) is 9.72. The molecule has 0 spiro atoms. The number of hydrogen-bond acceptors (Lipinski definition) is 7. The number of likely N-dealkylation sites (tertiary alicyclic amines) is 1. The maximum Gasteiger partial charge on any atom is 0.293 e. The molecule has 2 saturated heterocycles. The van der Waals surface area contributed by atoms with Gasteiger partial charge in [0.15, 0.2) is 0 Å². The fourth-order valence-electron chi connectivity index (χ4n) is 4.02. The Bertz CT molecular complexity index is 890. The van der Waals surface area contributed by atoms with Gasteiger partial charge < -0.3 is 14.7 Å². The zero-order valence-electron chi connectivity index (χ0n) is 16.9. The molecule has 2 fully saturated rings. The minimum absolute atomic E-state index is 0.0493. The van der Waals surface area contributed by atoms with E-state index in [-0.39, 0.29) is 34.9 Å². The predicted molar refractivity (Wildman–Crippen MR) is 108 cm³/mol. The third-order valence-corrected chi connectivity index (χ3v) is 7.04. The summed E-state index contributed by atoms with van der Waals surface area (Å²) in [5.41, 5.74) is 0.204. The standard InChI is InChI=1S/C18H27N5O5S/c1-13(24)21-9-14-11-22(12-15(14)10-21)17-5-4-16(8-18(17)23(25)26)29(27,28)19-6-7-20(2)3/h4-5,8,14-15,19H,6-7,9-12H2,1-3H3/t14-,15+. The first-order chi connectivity index (χ1) is 13.6. The van der Waals surface area contributed by atoms with Gasteiger partial charge in [0.2, 0.25) is 15.9 Å². The first kappa shape index (κ1) is 21.5. The normalized spacial score (nSPS) is 21.7. The Labute approximate surface area is 170 Å².